The van der Waals surface area contributed by atoms with Crippen LogP contribution in [0.1, 0.15) is 47.8 Å². The second kappa shape index (κ2) is 13.6. The summed E-state index contributed by atoms with van der Waals surface area (Å²) in [4.78, 5) is 25.4. The molecule has 3 aromatic rings. The minimum absolute atomic E-state index is 0.128. The average Bonchev–Trinajstić information content (AvgIpc) is 2.88. The standard InChI is InChI=1S/C29H32BrN3O4/c1-5-36-26-16-22(10-15-25(26)37-18-21-8-13-24(30)14-9-21)17-31-33-29(35)27(19(2)3)32-28(34)23-11-6-20(4)7-12-23/h6-17,19,27H,5,18H2,1-4H3,(H,32,34)(H,33,35). The fourth-order valence-electron chi connectivity index (χ4n) is 3.44. The smallest absolute Gasteiger partial charge is 0.262 e. The van der Waals surface area contributed by atoms with Crippen LogP contribution in [0.4, 0.5) is 0 Å². The zero-order chi connectivity index (χ0) is 26.8. The van der Waals surface area contributed by atoms with Crippen LogP contribution in [-0.2, 0) is 11.4 Å². The molecule has 0 saturated carbocycles. The molecule has 2 N–H and O–H groups in total. The zero-order valence-corrected chi connectivity index (χ0v) is 23.0. The molecule has 3 aromatic carbocycles. The number of amides is 2. The molecule has 37 heavy (non-hydrogen) atoms. The summed E-state index contributed by atoms with van der Waals surface area (Å²) in [6.45, 7) is 8.46. The summed E-state index contributed by atoms with van der Waals surface area (Å²) in [6.07, 6.45) is 1.53. The predicted molar refractivity (Wildman–Crippen MR) is 149 cm³/mol. The number of hydrogen-bond donors (Lipinski definition) is 2. The fourth-order valence-corrected chi connectivity index (χ4v) is 3.70. The molecular formula is C29H32BrN3O4. The number of carbonyl (C=O) groups excluding carboxylic acids is 2. The van der Waals surface area contributed by atoms with Crippen LogP contribution in [0, 0.1) is 12.8 Å². The van der Waals surface area contributed by atoms with Crippen molar-refractivity contribution < 1.29 is 19.1 Å². The molecule has 8 heteroatoms. The molecule has 3 rings (SSSR count). The summed E-state index contributed by atoms with van der Waals surface area (Å²) >= 11 is 3.43. The van der Waals surface area contributed by atoms with Gasteiger partial charge in [-0.3, -0.25) is 9.59 Å². The number of ether oxygens (including phenoxy) is 2. The Morgan fingerprint density at radius 3 is 2.32 bits per heavy atom. The average molecular weight is 566 g/mol. The third-order valence-electron chi connectivity index (χ3n) is 5.51. The molecule has 0 aliphatic heterocycles. The lowest BCUT2D eigenvalue weighted by molar-refractivity contribution is -0.123. The third-order valence-corrected chi connectivity index (χ3v) is 6.04. The van der Waals surface area contributed by atoms with E-state index in [-0.39, 0.29) is 11.8 Å². The lowest BCUT2D eigenvalue weighted by Crippen LogP contribution is -2.48. The highest BCUT2D eigenvalue weighted by Crippen LogP contribution is 2.29. The predicted octanol–water partition coefficient (Wildman–Crippen LogP) is 5.64. The number of aryl methyl sites for hydroxylation is 1. The zero-order valence-electron chi connectivity index (χ0n) is 21.5. The Bertz CT molecular complexity index is 1220. The van der Waals surface area contributed by atoms with Crippen molar-refractivity contribution in [3.63, 3.8) is 0 Å². The topological polar surface area (TPSA) is 89.0 Å². The number of carbonyl (C=O) groups is 2. The maximum absolute atomic E-state index is 12.8. The first kappa shape index (κ1) is 27.9. The van der Waals surface area contributed by atoms with Gasteiger partial charge in [0.05, 0.1) is 12.8 Å². The fraction of sp³-hybridized carbons (Fsp3) is 0.276. The molecular weight excluding hydrogens is 534 g/mol. The Balaban J connectivity index is 1.62. The maximum atomic E-state index is 12.8. The molecule has 7 nitrogen and oxygen atoms in total. The van der Waals surface area contributed by atoms with E-state index in [4.69, 9.17) is 9.47 Å². The van der Waals surface area contributed by atoms with Gasteiger partial charge in [0.2, 0.25) is 0 Å². The van der Waals surface area contributed by atoms with Gasteiger partial charge in [-0.15, -0.1) is 0 Å². The van der Waals surface area contributed by atoms with Crippen LogP contribution < -0.4 is 20.2 Å². The number of halogens is 1. The minimum atomic E-state index is -0.737. The van der Waals surface area contributed by atoms with Crippen LogP contribution in [-0.4, -0.2) is 30.7 Å². The third kappa shape index (κ3) is 8.46. The van der Waals surface area contributed by atoms with E-state index < -0.39 is 11.9 Å². The second-order valence-corrected chi connectivity index (χ2v) is 9.77. The van der Waals surface area contributed by atoms with E-state index in [0.717, 1.165) is 21.2 Å². The Hall–Kier alpha value is -3.65. The van der Waals surface area contributed by atoms with Crippen molar-refractivity contribution in [1.29, 1.82) is 0 Å². The van der Waals surface area contributed by atoms with Gasteiger partial charge in [0, 0.05) is 10.0 Å². The van der Waals surface area contributed by atoms with Crippen molar-refractivity contribution in [3.8, 4) is 11.5 Å². The lowest BCUT2D eigenvalue weighted by Gasteiger charge is -2.20. The summed E-state index contributed by atoms with van der Waals surface area (Å²) in [7, 11) is 0. The van der Waals surface area contributed by atoms with E-state index in [2.05, 4.69) is 31.8 Å². The monoisotopic (exact) mass is 565 g/mol. The van der Waals surface area contributed by atoms with Gasteiger partial charge in [0.25, 0.3) is 11.8 Å². The van der Waals surface area contributed by atoms with Crippen molar-refractivity contribution in [2.75, 3.05) is 6.61 Å². The number of hydrazone groups is 1. The highest BCUT2D eigenvalue weighted by molar-refractivity contribution is 9.10. The summed E-state index contributed by atoms with van der Waals surface area (Å²) in [6, 6.07) is 19.8. The van der Waals surface area contributed by atoms with Crippen LogP contribution in [0.15, 0.2) is 76.3 Å². The van der Waals surface area contributed by atoms with Gasteiger partial charge in [-0.2, -0.15) is 5.10 Å². The molecule has 0 fully saturated rings. The Morgan fingerprint density at radius 2 is 1.68 bits per heavy atom. The Kier molecular flexibility index (Phi) is 10.3. The number of hydrogen-bond acceptors (Lipinski definition) is 5. The van der Waals surface area contributed by atoms with Gasteiger partial charge in [0.1, 0.15) is 12.6 Å². The van der Waals surface area contributed by atoms with Crippen molar-refractivity contribution in [3.05, 3.63) is 93.5 Å². The van der Waals surface area contributed by atoms with Crippen LogP contribution in [0.2, 0.25) is 0 Å². The number of benzene rings is 3. The van der Waals surface area contributed by atoms with Crippen LogP contribution >= 0.6 is 15.9 Å². The first-order valence-corrected chi connectivity index (χ1v) is 12.9. The van der Waals surface area contributed by atoms with E-state index in [1.165, 1.54) is 6.21 Å². The van der Waals surface area contributed by atoms with Gasteiger partial charge in [0.15, 0.2) is 11.5 Å². The molecule has 0 heterocycles. The lowest BCUT2D eigenvalue weighted by atomic mass is 10.0. The normalized spacial score (nSPS) is 11.8. The number of nitrogens with zero attached hydrogens (tertiary/aromatic N) is 1. The molecule has 2 amide bonds. The van der Waals surface area contributed by atoms with E-state index >= 15 is 0 Å². The molecule has 1 atom stereocenters. The van der Waals surface area contributed by atoms with Crippen LogP contribution in [0.5, 0.6) is 11.5 Å². The van der Waals surface area contributed by atoms with Gasteiger partial charge >= 0.3 is 0 Å². The maximum Gasteiger partial charge on any atom is 0.262 e. The SMILES string of the molecule is CCOc1cc(C=NNC(=O)C(NC(=O)c2ccc(C)cc2)C(C)C)ccc1OCc1ccc(Br)cc1. The van der Waals surface area contributed by atoms with Crippen LogP contribution in [0.3, 0.4) is 0 Å². The van der Waals surface area contributed by atoms with Crippen molar-refractivity contribution in [2.45, 2.75) is 40.3 Å². The molecule has 1 unspecified atom stereocenters. The summed E-state index contributed by atoms with van der Waals surface area (Å²) in [5.41, 5.74) is 5.85. The summed E-state index contributed by atoms with van der Waals surface area (Å²) in [5, 5.41) is 6.89. The van der Waals surface area contributed by atoms with Crippen molar-refractivity contribution in [1.82, 2.24) is 10.7 Å². The van der Waals surface area contributed by atoms with Crippen molar-refractivity contribution in [2.24, 2.45) is 11.0 Å². The molecule has 0 spiro atoms. The van der Waals surface area contributed by atoms with Crippen LogP contribution in [0.25, 0.3) is 0 Å². The number of nitrogens with one attached hydrogen (secondary N) is 2. The quantitative estimate of drug-likeness (QED) is 0.232. The first-order chi connectivity index (χ1) is 17.8. The molecule has 0 aromatic heterocycles. The highest BCUT2D eigenvalue weighted by atomic mass is 79.9. The van der Waals surface area contributed by atoms with E-state index in [9.17, 15) is 9.59 Å². The first-order valence-electron chi connectivity index (χ1n) is 12.1. The van der Waals surface area contributed by atoms with Crippen molar-refractivity contribution >= 4 is 34.0 Å². The van der Waals surface area contributed by atoms with Gasteiger partial charge in [-0.25, -0.2) is 5.43 Å². The van der Waals surface area contributed by atoms with Gasteiger partial charge in [-0.05, 0) is 73.4 Å². The molecule has 194 valence electrons. The molecule has 0 radical (unpaired) electrons. The minimum Gasteiger partial charge on any atom is -0.490 e. The number of rotatable bonds is 11. The second-order valence-electron chi connectivity index (χ2n) is 8.85. The molecule has 0 aliphatic carbocycles. The van der Waals surface area contributed by atoms with E-state index in [1.807, 2.05) is 76.2 Å². The highest BCUT2D eigenvalue weighted by Gasteiger charge is 2.24. The molecule has 0 bridgehead atoms. The van der Waals surface area contributed by atoms with E-state index in [0.29, 0.717) is 30.3 Å². The Morgan fingerprint density at radius 1 is 0.973 bits per heavy atom. The summed E-state index contributed by atoms with van der Waals surface area (Å²) in [5.74, 6) is 0.366. The van der Waals surface area contributed by atoms with Gasteiger partial charge in [-0.1, -0.05) is 59.6 Å². The van der Waals surface area contributed by atoms with E-state index in [1.54, 1.807) is 18.2 Å². The Labute approximate surface area is 226 Å². The van der Waals surface area contributed by atoms with Gasteiger partial charge < -0.3 is 14.8 Å². The summed E-state index contributed by atoms with van der Waals surface area (Å²) < 4.78 is 12.7. The largest absolute Gasteiger partial charge is 0.490 e. The molecule has 0 aliphatic rings. The molecule has 0 saturated heterocycles.